The van der Waals surface area contributed by atoms with Crippen LogP contribution in [-0.2, 0) is 9.47 Å². The molecule has 0 aromatic heterocycles. The number of benzene rings is 1. The minimum atomic E-state index is -0.656. The molecule has 2 atom stereocenters. The van der Waals surface area contributed by atoms with Gasteiger partial charge in [-0.05, 0) is 17.7 Å². The molecule has 0 saturated carbocycles. The van der Waals surface area contributed by atoms with Gasteiger partial charge in [-0.25, -0.2) is 4.39 Å². The Morgan fingerprint density at radius 2 is 2.21 bits per heavy atom. The van der Waals surface area contributed by atoms with E-state index < -0.39 is 6.10 Å². The zero-order chi connectivity index (χ0) is 13.7. The highest BCUT2D eigenvalue weighted by Gasteiger charge is 2.34. The zero-order valence-electron chi connectivity index (χ0n) is 11.1. The Hall–Kier alpha value is -1.01. The molecule has 106 valence electrons. The lowest BCUT2D eigenvalue weighted by Gasteiger charge is -2.26. The Kier molecular flexibility index (Phi) is 4.87. The van der Waals surface area contributed by atoms with E-state index in [9.17, 15) is 9.50 Å². The summed E-state index contributed by atoms with van der Waals surface area (Å²) in [5.74, 6) is -0.301. The van der Waals surface area contributed by atoms with Crippen LogP contribution in [0.1, 0.15) is 18.1 Å². The second kappa shape index (κ2) is 6.43. The van der Waals surface area contributed by atoms with Gasteiger partial charge >= 0.3 is 0 Å². The molecule has 1 fully saturated rings. The number of ether oxygens (including phenoxy) is 2. The fourth-order valence-corrected chi connectivity index (χ4v) is 2.20. The van der Waals surface area contributed by atoms with Gasteiger partial charge in [0.15, 0.2) is 0 Å². The number of aliphatic hydroxyl groups is 1. The molecule has 0 bridgehead atoms. The molecule has 4 nitrogen and oxygen atoms in total. The Labute approximate surface area is 112 Å². The SMILES string of the molecule is COC1(CNCC(O)c2ccc(F)cc2)CCOC1. The number of nitrogens with one attached hydrogen (secondary N) is 1. The molecule has 5 heteroatoms. The minimum absolute atomic E-state index is 0.289. The Balaban J connectivity index is 1.80. The van der Waals surface area contributed by atoms with Crippen LogP contribution < -0.4 is 5.32 Å². The molecule has 19 heavy (non-hydrogen) atoms. The standard InChI is InChI=1S/C14H20FNO3/c1-18-14(6-7-19-10-14)9-16-8-13(17)11-2-4-12(15)5-3-11/h2-5,13,16-17H,6-10H2,1H3. The third-order valence-electron chi connectivity index (χ3n) is 3.54. The first-order chi connectivity index (χ1) is 9.15. The average molecular weight is 269 g/mol. The summed E-state index contributed by atoms with van der Waals surface area (Å²) in [4.78, 5) is 0. The van der Waals surface area contributed by atoms with Crippen molar-refractivity contribution in [1.29, 1.82) is 0 Å². The molecule has 1 aromatic rings. The first kappa shape index (κ1) is 14.4. The van der Waals surface area contributed by atoms with Gasteiger partial charge in [-0.1, -0.05) is 12.1 Å². The molecule has 0 aliphatic carbocycles. The molecule has 2 N–H and O–H groups in total. The quantitative estimate of drug-likeness (QED) is 0.816. The van der Waals surface area contributed by atoms with Crippen LogP contribution in [0.3, 0.4) is 0 Å². The first-order valence-electron chi connectivity index (χ1n) is 6.42. The predicted octanol–water partition coefficient (Wildman–Crippen LogP) is 1.25. The lowest BCUT2D eigenvalue weighted by atomic mass is 10.0. The third-order valence-corrected chi connectivity index (χ3v) is 3.54. The van der Waals surface area contributed by atoms with Crippen molar-refractivity contribution in [1.82, 2.24) is 5.32 Å². The number of aliphatic hydroxyl groups excluding tert-OH is 1. The molecular weight excluding hydrogens is 249 g/mol. The van der Waals surface area contributed by atoms with E-state index >= 15 is 0 Å². The molecule has 2 rings (SSSR count). The van der Waals surface area contributed by atoms with E-state index in [0.29, 0.717) is 31.9 Å². The number of methoxy groups -OCH3 is 1. The Morgan fingerprint density at radius 3 is 2.79 bits per heavy atom. The van der Waals surface area contributed by atoms with Gasteiger partial charge in [0.1, 0.15) is 11.4 Å². The van der Waals surface area contributed by atoms with E-state index in [1.165, 1.54) is 12.1 Å². The highest BCUT2D eigenvalue weighted by Crippen LogP contribution is 2.21. The number of halogens is 1. The summed E-state index contributed by atoms with van der Waals surface area (Å²) in [6.07, 6.45) is 0.195. The smallest absolute Gasteiger partial charge is 0.123 e. The molecule has 2 unspecified atom stereocenters. The normalized spacial score (nSPS) is 24.6. The average Bonchev–Trinajstić information content (AvgIpc) is 2.89. The van der Waals surface area contributed by atoms with Crippen molar-refractivity contribution in [3.63, 3.8) is 0 Å². The number of hydrogen-bond donors (Lipinski definition) is 2. The van der Waals surface area contributed by atoms with Crippen molar-refractivity contribution in [2.75, 3.05) is 33.4 Å². The van der Waals surface area contributed by atoms with Crippen molar-refractivity contribution in [3.8, 4) is 0 Å². The largest absolute Gasteiger partial charge is 0.387 e. The molecule has 1 aromatic carbocycles. The number of hydrogen-bond acceptors (Lipinski definition) is 4. The van der Waals surface area contributed by atoms with E-state index in [2.05, 4.69) is 5.32 Å². The molecule has 1 heterocycles. The zero-order valence-corrected chi connectivity index (χ0v) is 11.1. The molecular formula is C14H20FNO3. The fraction of sp³-hybridized carbons (Fsp3) is 0.571. The van der Waals surface area contributed by atoms with Gasteiger partial charge < -0.3 is 19.9 Å². The van der Waals surface area contributed by atoms with Crippen LogP contribution in [-0.4, -0.2) is 44.1 Å². The highest BCUT2D eigenvalue weighted by molar-refractivity contribution is 5.18. The van der Waals surface area contributed by atoms with Crippen LogP contribution in [0.5, 0.6) is 0 Å². The summed E-state index contributed by atoms with van der Waals surface area (Å²) >= 11 is 0. The van der Waals surface area contributed by atoms with Crippen LogP contribution in [0.4, 0.5) is 4.39 Å². The number of rotatable bonds is 6. The van der Waals surface area contributed by atoms with Crippen molar-refractivity contribution < 1.29 is 19.0 Å². The Bertz CT molecular complexity index is 390. The van der Waals surface area contributed by atoms with Crippen molar-refractivity contribution in [2.45, 2.75) is 18.1 Å². The van der Waals surface area contributed by atoms with Crippen LogP contribution in [0.25, 0.3) is 0 Å². The van der Waals surface area contributed by atoms with E-state index in [4.69, 9.17) is 9.47 Å². The second-order valence-corrected chi connectivity index (χ2v) is 4.89. The van der Waals surface area contributed by atoms with Gasteiger partial charge in [0, 0.05) is 33.2 Å². The van der Waals surface area contributed by atoms with E-state index in [1.54, 1.807) is 19.2 Å². The second-order valence-electron chi connectivity index (χ2n) is 4.89. The van der Waals surface area contributed by atoms with Gasteiger partial charge in [-0.3, -0.25) is 0 Å². The Morgan fingerprint density at radius 1 is 1.47 bits per heavy atom. The summed E-state index contributed by atoms with van der Waals surface area (Å²) in [6.45, 7) is 2.30. The van der Waals surface area contributed by atoms with Gasteiger partial charge in [0.05, 0.1) is 12.7 Å². The molecule has 0 spiro atoms. The van der Waals surface area contributed by atoms with Gasteiger partial charge in [0.2, 0.25) is 0 Å². The molecule has 0 amide bonds. The van der Waals surface area contributed by atoms with Crippen molar-refractivity contribution in [2.24, 2.45) is 0 Å². The maximum Gasteiger partial charge on any atom is 0.123 e. The third kappa shape index (κ3) is 3.73. The minimum Gasteiger partial charge on any atom is -0.387 e. The highest BCUT2D eigenvalue weighted by atomic mass is 19.1. The van der Waals surface area contributed by atoms with Crippen LogP contribution >= 0.6 is 0 Å². The summed E-state index contributed by atoms with van der Waals surface area (Å²) in [7, 11) is 1.67. The van der Waals surface area contributed by atoms with Crippen LogP contribution in [0.2, 0.25) is 0 Å². The van der Waals surface area contributed by atoms with Crippen LogP contribution in [0.15, 0.2) is 24.3 Å². The summed E-state index contributed by atoms with van der Waals surface area (Å²) in [5.41, 5.74) is 0.408. The summed E-state index contributed by atoms with van der Waals surface area (Å²) in [5, 5.41) is 13.2. The lowest BCUT2D eigenvalue weighted by Crippen LogP contribution is -2.44. The monoisotopic (exact) mass is 269 g/mol. The van der Waals surface area contributed by atoms with E-state index in [-0.39, 0.29) is 11.4 Å². The van der Waals surface area contributed by atoms with E-state index in [0.717, 1.165) is 6.42 Å². The summed E-state index contributed by atoms with van der Waals surface area (Å²) < 4.78 is 23.6. The van der Waals surface area contributed by atoms with Crippen molar-refractivity contribution in [3.05, 3.63) is 35.6 Å². The fourth-order valence-electron chi connectivity index (χ4n) is 2.20. The van der Waals surface area contributed by atoms with Gasteiger partial charge in [-0.2, -0.15) is 0 Å². The summed E-state index contributed by atoms with van der Waals surface area (Å²) in [6, 6.07) is 5.87. The predicted molar refractivity (Wildman–Crippen MR) is 69.4 cm³/mol. The molecule has 1 aliphatic heterocycles. The lowest BCUT2D eigenvalue weighted by molar-refractivity contribution is -0.0173. The molecule has 1 saturated heterocycles. The van der Waals surface area contributed by atoms with Gasteiger partial charge in [-0.15, -0.1) is 0 Å². The molecule has 1 aliphatic rings. The first-order valence-corrected chi connectivity index (χ1v) is 6.42. The van der Waals surface area contributed by atoms with E-state index in [1.807, 2.05) is 0 Å². The van der Waals surface area contributed by atoms with Crippen LogP contribution in [0, 0.1) is 5.82 Å². The van der Waals surface area contributed by atoms with Gasteiger partial charge in [0.25, 0.3) is 0 Å². The van der Waals surface area contributed by atoms with Crippen molar-refractivity contribution >= 4 is 0 Å². The molecule has 0 radical (unpaired) electrons. The maximum absolute atomic E-state index is 12.8. The maximum atomic E-state index is 12.8. The topological polar surface area (TPSA) is 50.7 Å².